The SMILES string of the molecule is CC(=O)N1CC(N(CCc2ccccc2)C(=O)C2CC2)CC1C(=O)NCC1CCCC(CN)C1. The number of likely N-dealkylation sites (tertiary alicyclic amines) is 1. The summed E-state index contributed by atoms with van der Waals surface area (Å²) in [5.74, 6) is 1.09. The first-order chi connectivity index (χ1) is 16.5. The predicted molar refractivity (Wildman–Crippen MR) is 132 cm³/mol. The predicted octanol–water partition coefficient (Wildman–Crippen LogP) is 2.34. The highest BCUT2D eigenvalue weighted by molar-refractivity contribution is 5.88. The Hall–Kier alpha value is -2.41. The van der Waals surface area contributed by atoms with Crippen LogP contribution >= 0.6 is 0 Å². The number of carbonyl (C=O) groups is 3. The third-order valence-corrected chi connectivity index (χ3v) is 7.91. The van der Waals surface area contributed by atoms with Gasteiger partial charge in [-0.25, -0.2) is 0 Å². The maximum absolute atomic E-state index is 13.2. The van der Waals surface area contributed by atoms with Gasteiger partial charge in [-0.05, 0) is 68.9 Å². The molecule has 3 N–H and O–H groups in total. The summed E-state index contributed by atoms with van der Waals surface area (Å²) in [7, 11) is 0. The van der Waals surface area contributed by atoms with E-state index in [1.807, 2.05) is 23.1 Å². The lowest BCUT2D eigenvalue weighted by molar-refractivity contribution is -0.137. The van der Waals surface area contributed by atoms with E-state index in [2.05, 4.69) is 17.4 Å². The maximum atomic E-state index is 13.2. The van der Waals surface area contributed by atoms with E-state index in [0.717, 1.165) is 38.5 Å². The summed E-state index contributed by atoms with van der Waals surface area (Å²) in [5, 5.41) is 3.13. The number of nitrogens with zero attached hydrogens (tertiary/aromatic N) is 2. The molecule has 1 heterocycles. The van der Waals surface area contributed by atoms with Crippen molar-refractivity contribution < 1.29 is 14.4 Å². The first-order valence-electron chi connectivity index (χ1n) is 13.1. The van der Waals surface area contributed by atoms with Crippen molar-refractivity contribution in [1.29, 1.82) is 0 Å². The average Bonchev–Trinajstić information content (AvgIpc) is 3.61. The Labute approximate surface area is 203 Å². The molecule has 186 valence electrons. The highest BCUT2D eigenvalue weighted by Crippen LogP contribution is 2.34. The second-order valence-electron chi connectivity index (χ2n) is 10.5. The minimum Gasteiger partial charge on any atom is -0.354 e. The molecule has 1 aromatic carbocycles. The molecular weight excluding hydrogens is 428 g/mol. The van der Waals surface area contributed by atoms with E-state index in [1.165, 1.54) is 18.9 Å². The molecule has 0 bridgehead atoms. The molecule has 2 saturated carbocycles. The number of carbonyl (C=O) groups excluding carboxylic acids is 3. The molecule has 34 heavy (non-hydrogen) atoms. The molecule has 1 aromatic rings. The van der Waals surface area contributed by atoms with Gasteiger partial charge >= 0.3 is 0 Å². The Balaban J connectivity index is 1.39. The number of nitrogens with two attached hydrogens (primary N) is 1. The second-order valence-corrected chi connectivity index (χ2v) is 10.5. The summed E-state index contributed by atoms with van der Waals surface area (Å²) in [6, 6.07) is 9.54. The van der Waals surface area contributed by atoms with Crippen LogP contribution in [0.1, 0.15) is 57.4 Å². The van der Waals surface area contributed by atoms with Gasteiger partial charge in [0.05, 0.1) is 6.04 Å². The van der Waals surface area contributed by atoms with Crippen molar-refractivity contribution in [1.82, 2.24) is 15.1 Å². The van der Waals surface area contributed by atoms with Crippen LogP contribution in [0.25, 0.3) is 0 Å². The van der Waals surface area contributed by atoms with Crippen LogP contribution in [0.5, 0.6) is 0 Å². The van der Waals surface area contributed by atoms with Crippen LogP contribution in [0, 0.1) is 17.8 Å². The zero-order valence-electron chi connectivity index (χ0n) is 20.5. The second kappa shape index (κ2) is 11.3. The van der Waals surface area contributed by atoms with Crippen molar-refractivity contribution in [3.63, 3.8) is 0 Å². The van der Waals surface area contributed by atoms with Gasteiger partial charge in [0.1, 0.15) is 6.04 Å². The van der Waals surface area contributed by atoms with E-state index >= 15 is 0 Å². The van der Waals surface area contributed by atoms with Crippen LogP contribution in [-0.2, 0) is 20.8 Å². The van der Waals surface area contributed by atoms with Gasteiger partial charge in [-0.1, -0.05) is 36.8 Å². The Morgan fingerprint density at radius 2 is 1.79 bits per heavy atom. The largest absolute Gasteiger partial charge is 0.354 e. The molecule has 7 nitrogen and oxygen atoms in total. The molecule has 0 aromatic heterocycles. The van der Waals surface area contributed by atoms with Crippen LogP contribution in [0.4, 0.5) is 0 Å². The lowest BCUT2D eigenvalue weighted by atomic mass is 9.81. The molecule has 4 atom stereocenters. The lowest BCUT2D eigenvalue weighted by Crippen LogP contribution is -2.46. The number of nitrogens with one attached hydrogen (secondary N) is 1. The van der Waals surface area contributed by atoms with Crippen LogP contribution in [0.15, 0.2) is 30.3 Å². The molecule has 0 spiro atoms. The summed E-state index contributed by atoms with van der Waals surface area (Å²) in [6.45, 7) is 3.92. The Kier molecular flexibility index (Phi) is 8.24. The molecule has 1 saturated heterocycles. The third kappa shape index (κ3) is 6.17. The smallest absolute Gasteiger partial charge is 0.242 e. The van der Waals surface area contributed by atoms with E-state index in [0.29, 0.717) is 44.4 Å². The maximum Gasteiger partial charge on any atom is 0.242 e. The van der Waals surface area contributed by atoms with Crippen LogP contribution in [0.3, 0.4) is 0 Å². The molecule has 4 rings (SSSR count). The van der Waals surface area contributed by atoms with E-state index < -0.39 is 6.04 Å². The Morgan fingerprint density at radius 3 is 2.47 bits per heavy atom. The van der Waals surface area contributed by atoms with Crippen molar-refractivity contribution in [2.45, 2.75) is 70.4 Å². The molecule has 3 fully saturated rings. The van der Waals surface area contributed by atoms with Crippen LogP contribution < -0.4 is 11.1 Å². The fourth-order valence-corrected chi connectivity index (χ4v) is 5.73. The minimum absolute atomic E-state index is 0.0885. The topological polar surface area (TPSA) is 95.7 Å². The third-order valence-electron chi connectivity index (χ3n) is 7.91. The number of benzene rings is 1. The fraction of sp³-hybridized carbons (Fsp3) is 0.667. The quantitative estimate of drug-likeness (QED) is 0.582. The molecule has 7 heteroatoms. The summed E-state index contributed by atoms with van der Waals surface area (Å²) in [4.78, 5) is 42.4. The number of hydrogen-bond acceptors (Lipinski definition) is 4. The van der Waals surface area contributed by atoms with Crippen LogP contribution in [0.2, 0.25) is 0 Å². The Morgan fingerprint density at radius 1 is 1.06 bits per heavy atom. The minimum atomic E-state index is -0.511. The molecule has 4 unspecified atom stereocenters. The van der Waals surface area contributed by atoms with Gasteiger partial charge in [-0.2, -0.15) is 0 Å². The number of amides is 3. The zero-order chi connectivity index (χ0) is 24.1. The molecule has 1 aliphatic heterocycles. The van der Waals surface area contributed by atoms with E-state index in [9.17, 15) is 14.4 Å². The number of rotatable bonds is 9. The van der Waals surface area contributed by atoms with Gasteiger partial charge in [-0.15, -0.1) is 0 Å². The van der Waals surface area contributed by atoms with Crippen molar-refractivity contribution in [3.8, 4) is 0 Å². The summed E-state index contributed by atoms with van der Waals surface area (Å²) >= 11 is 0. The zero-order valence-corrected chi connectivity index (χ0v) is 20.5. The fourth-order valence-electron chi connectivity index (χ4n) is 5.73. The monoisotopic (exact) mass is 468 g/mol. The molecule has 2 aliphatic carbocycles. The normalized spacial score (nSPS) is 26.8. The first-order valence-corrected chi connectivity index (χ1v) is 13.1. The lowest BCUT2D eigenvalue weighted by Gasteiger charge is -2.29. The van der Waals surface area contributed by atoms with Gasteiger partial charge in [0.25, 0.3) is 0 Å². The van der Waals surface area contributed by atoms with Crippen molar-refractivity contribution in [2.75, 3.05) is 26.2 Å². The van der Waals surface area contributed by atoms with Gasteiger partial charge in [-0.3, -0.25) is 14.4 Å². The van der Waals surface area contributed by atoms with Crippen molar-refractivity contribution in [2.24, 2.45) is 23.5 Å². The highest BCUT2D eigenvalue weighted by atomic mass is 16.2. The van der Waals surface area contributed by atoms with Crippen molar-refractivity contribution in [3.05, 3.63) is 35.9 Å². The van der Waals surface area contributed by atoms with Crippen molar-refractivity contribution >= 4 is 17.7 Å². The number of hydrogen-bond donors (Lipinski definition) is 2. The first kappa shape index (κ1) is 24.7. The summed E-state index contributed by atoms with van der Waals surface area (Å²) in [5.41, 5.74) is 7.05. The van der Waals surface area contributed by atoms with E-state index in [1.54, 1.807) is 4.90 Å². The van der Waals surface area contributed by atoms with Gasteiger partial charge in [0.15, 0.2) is 0 Å². The van der Waals surface area contributed by atoms with Gasteiger partial charge in [0, 0.05) is 32.5 Å². The summed E-state index contributed by atoms with van der Waals surface area (Å²) < 4.78 is 0. The van der Waals surface area contributed by atoms with E-state index in [4.69, 9.17) is 5.73 Å². The molecule has 3 amide bonds. The summed E-state index contributed by atoms with van der Waals surface area (Å²) in [6.07, 6.45) is 7.68. The molecular formula is C27H40N4O3. The average molecular weight is 469 g/mol. The Bertz CT molecular complexity index is 857. The van der Waals surface area contributed by atoms with E-state index in [-0.39, 0.29) is 29.7 Å². The van der Waals surface area contributed by atoms with Gasteiger partial charge < -0.3 is 20.9 Å². The standard InChI is InChI=1S/C27H40N4O3/c1-19(32)31-18-24(15-25(31)26(33)29-17-22-9-5-8-21(14-22)16-28)30(27(34)23-10-11-23)13-12-20-6-3-2-4-7-20/h2-4,6-7,21-25H,5,8-18,28H2,1H3,(H,29,33). The highest BCUT2D eigenvalue weighted by Gasteiger charge is 2.44. The van der Waals surface area contributed by atoms with Gasteiger partial charge in [0.2, 0.25) is 17.7 Å². The molecule has 0 radical (unpaired) electrons. The van der Waals surface area contributed by atoms with Crippen LogP contribution in [-0.4, -0.2) is 65.8 Å². The molecule has 3 aliphatic rings.